The summed E-state index contributed by atoms with van der Waals surface area (Å²) in [5.41, 5.74) is 4.14. The topological polar surface area (TPSA) is 105 Å². The maximum Gasteiger partial charge on any atom is 0.416 e. The van der Waals surface area contributed by atoms with Gasteiger partial charge in [-0.25, -0.2) is 13.1 Å². The number of nitrogens with zero attached hydrogens (tertiary/aromatic N) is 4. The second-order valence-electron chi connectivity index (χ2n) is 6.04. The zero-order valence-electron chi connectivity index (χ0n) is 14.7. The molecule has 0 fully saturated rings. The number of anilines is 2. The van der Waals surface area contributed by atoms with Crippen molar-refractivity contribution in [3.63, 3.8) is 0 Å². The van der Waals surface area contributed by atoms with Crippen molar-refractivity contribution in [2.75, 3.05) is 16.3 Å². The number of alkyl halides is 3. The van der Waals surface area contributed by atoms with E-state index in [0.29, 0.717) is 12.1 Å². The van der Waals surface area contributed by atoms with Gasteiger partial charge in [-0.05, 0) is 26.0 Å². The first-order valence-electron chi connectivity index (χ1n) is 7.54. The fourth-order valence-electron chi connectivity index (χ4n) is 2.62. The monoisotopic (exact) mass is 455 g/mol. The summed E-state index contributed by atoms with van der Waals surface area (Å²) in [6.45, 7) is 3.11. The Bertz CT molecular complexity index is 1050. The van der Waals surface area contributed by atoms with Crippen molar-refractivity contribution in [1.82, 2.24) is 9.78 Å². The van der Waals surface area contributed by atoms with Gasteiger partial charge in [0.1, 0.15) is 17.4 Å². The van der Waals surface area contributed by atoms with Gasteiger partial charge in [0.2, 0.25) is 10.0 Å². The number of hydrogen-bond acceptors (Lipinski definition) is 5. The summed E-state index contributed by atoms with van der Waals surface area (Å²) in [6, 6.07) is 2.36. The number of aromatic nitrogens is 2. The fraction of sp³-hybridized carbons (Fsp3) is 0.333. The molecule has 0 saturated carbocycles. The van der Waals surface area contributed by atoms with Gasteiger partial charge in [0.25, 0.3) is 0 Å². The van der Waals surface area contributed by atoms with Crippen molar-refractivity contribution in [3.8, 4) is 11.8 Å². The molecule has 0 spiro atoms. The number of nitrogens with two attached hydrogens (primary N) is 1. The zero-order chi connectivity index (χ0) is 21.6. The lowest BCUT2D eigenvalue weighted by Gasteiger charge is -2.25. The van der Waals surface area contributed by atoms with E-state index in [-0.39, 0.29) is 22.9 Å². The third kappa shape index (κ3) is 3.99. The molecule has 0 aliphatic carbocycles. The van der Waals surface area contributed by atoms with Crippen LogP contribution >= 0.6 is 23.2 Å². The van der Waals surface area contributed by atoms with Gasteiger partial charge in [-0.1, -0.05) is 23.2 Å². The van der Waals surface area contributed by atoms with Gasteiger partial charge in [-0.3, -0.25) is 4.31 Å². The van der Waals surface area contributed by atoms with Crippen LogP contribution in [0.25, 0.3) is 5.69 Å². The lowest BCUT2D eigenvalue weighted by molar-refractivity contribution is -0.137. The molecule has 152 valence electrons. The molecule has 0 bridgehead atoms. The Morgan fingerprint density at radius 2 is 1.79 bits per heavy atom. The Kier molecular flexibility index (Phi) is 5.81. The van der Waals surface area contributed by atoms with E-state index in [1.54, 1.807) is 19.9 Å². The summed E-state index contributed by atoms with van der Waals surface area (Å²) >= 11 is 11.9. The SMILES string of the molecule is CC(C)N(c1c(C#N)nn(-c2c(Cl)cc(C(F)(F)F)cc2Cl)c1N)S(C)(=O)=O. The maximum atomic E-state index is 12.9. The van der Waals surface area contributed by atoms with Crippen LogP contribution in [0.3, 0.4) is 0 Å². The van der Waals surface area contributed by atoms with Crippen molar-refractivity contribution in [3.05, 3.63) is 33.4 Å². The highest BCUT2D eigenvalue weighted by Crippen LogP contribution is 2.40. The number of sulfonamides is 1. The average molecular weight is 456 g/mol. The molecule has 0 unspecified atom stereocenters. The van der Waals surface area contributed by atoms with E-state index < -0.39 is 37.9 Å². The van der Waals surface area contributed by atoms with E-state index in [4.69, 9.17) is 28.9 Å². The highest BCUT2D eigenvalue weighted by molar-refractivity contribution is 7.92. The van der Waals surface area contributed by atoms with Crippen molar-refractivity contribution < 1.29 is 21.6 Å². The predicted molar refractivity (Wildman–Crippen MR) is 100 cm³/mol. The largest absolute Gasteiger partial charge is 0.416 e. The second kappa shape index (κ2) is 7.35. The lowest BCUT2D eigenvalue weighted by atomic mass is 10.2. The molecule has 0 aliphatic rings. The number of hydrogen-bond donors (Lipinski definition) is 1. The number of benzene rings is 1. The molecule has 1 aromatic carbocycles. The molecule has 7 nitrogen and oxygen atoms in total. The minimum Gasteiger partial charge on any atom is -0.382 e. The van der Waals surface area contributed by atoms with Crippen LogP contribution in [-0.2, 0) is 16.2 Å². The van der Waals surface area contributed by atoms with Crippen LogP contribution in [0.5, 0.6) is 0 Å². The van der Waals surface area contributed by atoms with Gasteiger partial charge >= 0.3 is 6.18 Å². The molecule has 2 rings (SSSR count). The summed E-state index contributed by atoms with van der Waals surface area (Å²) in [5, 5.41) is 12.4. The van der Waals surface area contributed by atoms with Gasteiger partial charge in [-0.15, -0.1) is 0 Å². The Balaban J connectivity index is 2.81. The minimum absolute atomic E-state index is 0.214. The highest BCUT2D eigenvalue weighted by atomic mass is 35.5. The maximum absolute atomic E-state index is 12.9. The summed E-state index contributed by atoms with van der Waals surface area (Å²) < 4.78 is 64.9. The Labute approximate surface area is 169 Å². The molecule has 0 atom stereocenters. The Morgan fingerprint density at radius 1 is 1.29 bits per heavy atom. The minimum atomic E-state index is -4.69. The van der Waals surface area contributed by atoms with E-state index >= 15 is 0 Å². The van der Waals surface area contributed by atoms with E-state index in [1.807, 2.05) is 0 Å². The molecule has 28 heavy (non-hydrogen) atoms. The Morgan fingerprint density at radius 3 is 2.14 bits per heavy atom. The Hall–Kier alpha value is -2.16. The van der Waals surface area contributed by atoms with E-state index in [9.17, 15) is 26.9 Å². The first-order chi connectivity index (χ1) is 12.7. The number of nitrogen functional groups attached to an aromatic ring is 1. The van der Waals surface area contributed by atoms with Gasteiger partial charge < -0.3 is 5.73 Å². The summed E-state index contributed by atoms with van der Waals surface area (Å²) in [5.74, 6) is -0.320. The lowest BCUT2D eigenvalue weighted by Crippen LogP contribution is -2.37. The van der Waals surface area contributed by atoms with Gasteiger partial charge in [0, 0.05) is 6.04 Å². The van der Waals surface area contributed by atoms with E-state index in [2.05, 4.69) is 5.10 Å². The predicted octanol–water partition coefficient (Wildman–Crippen LogP) is 3.83. The van der Waals surface area contributed by atoms with Crippen LogP contribution in [0.4, 0.5) is 24.7 Å². The number of halogens is 5. The normalized spacial score (nSPS) is 12.3. The van der Waals surface area contributed by atoms with Crippen molar-refractivity contribution >= 4 is 44.7 Å². The van der Waals surface area contributed by atoms with E-state index in [1.165, 1.54) is 0 Å². The molecule has 0 radical (unpaired) electrons. The van der Waals surface area contributed by atoms with Crippen LogP contribution in [0.2, 0.25) is 10.0 Å². The summed E-state index contributed by atoms with van der Waals surface area (Å²) in [4.78, 5) is 0. The quantitative estimate of drug-likeness (QED) is 0.753. The highest BCUT2D eigenvalue weighted by Gasteiger charge is 2.34. The first kappa shape index (κ1) is 22.1. The molecule has 0 aliphatic heterocycles. The summed E-state index contributed by atoms with van der Waals surface area (Å²) in [7, 11) is -3.85. The third-order valence-corrected chi connectivity index (χ3v) is 5.50. The molecule has 0 amide bonds. The fourth-order valence-corrected chi connectivity index (χ4v) is 4.55. The number of rotatable bonds is 4. The average Bonchev–Trinajstić information content (AvgIpc) is 2.81. The van der Waals surface area contributed by atoms with Crippen molar-refractivity contribution in [2.24, 2.45) is 0 Å². The second-order valence-corrected chi connectivity index (χ2v) is 8.72. The van der Waals surface area contributed by atoms with Crippen LogP contribution in [0.1, 0.15) is 25.1 Å². The van der Waals surface area contributed by atoms with Crippen LogP contribution in [-0.4, -0.2) is 30.5 Å². The molecular weight excluding hydrogens is 442 g/mol. The van der Waals surface area contributed by atoms with Crippen LogP contribution in [0.15, 0.2) is 12.1 Å². The zero-order valence-corrected chi connectivity index (χ0v) is 17.0. The van der Waals surface area contributed by atoms with Gasteiger partial charge in [-0.2, -0.15) is 23.5 Å². The molecule has 1 aromatic heterocycles. The first-order valence-corrected chi connectivity index (χ1v) is 10.1. The van der Waals surface area contributed by atoms with Crippen LogP contribution < -0.4 is 10.0 Å². The van der Waals surface area contributed by atoms with Gasteiger partial charge in [0.15, 0.2) is 11.5 Å². The van der Waals surface area contributed by atoms with Crippen molar-refractivity contribution in [1.29, 1.82) is 5.26 Å². The standard InChI is InChI=1S/C15H14Cl2F3N5O2S/c1-7(2)25(28(3,26)27)13-11(6-21)23-24(14(13)22)12-9(16)4-8(5-10(12)17)15(18,19)20/h4-5,7H,22H2,1-3H3. The van der Waals surface area contributed by atoms with E-state index in [0.717, 1.165) is 15.2 Å². The van der Waals surface area contributed by atoms with Crippen LogP contribution in [0, 0.1) is 11.3 Å². The molecule has 1 heterocycles. The third-order valence-electron chi connectivity index (χ3n) is 3.60. The molecule has 2 aromatic rings. The van der Waals surface area contributed by atoms with Crippen molar-refractivity contribution in [2.45, 2.75) is 26.1 Å². The molecule has 13 heteroatoms. The number of nitriles is 1. The molecule has 0 saturated heterocycles. The summed E-state index contributed by atoms with van der Waals surface area (Å²) in [6.07, 6.45) is -3.77. The molecular formula is C15H14Cl2F3N5O2S. The molecule has 2 N–H and O–H groups in total. The van der Waals surface area contributed by atoms with Gasteiger partial charge in [0.05, 0.1) is 21.9 Å². The smallest absolute Gasteiger partial charge is 0.382 e.